The van der Waals surface area contributed by atoms with Gasteiger partial charge >= 0.3 is 0 Å². The largest absolute Gasteiger partial charge is 0.130 e. The highest BCUT2D eigenvalue weighted by atomic mass is 32.2. The highest BCUT2D eigenvalue weighted by molar-refractivity contribution is 7.99. The SMILES string of the molecule is [CH2]C(C)c1cc(SC)cc(SC)c1. The lowest BCUT2D eigenvalue weighted by Gasteiger charge is -2.09. The maximum atomic E-state index is 4.04. The maximum absolute atomic E-state index is 4.04. The maximum Gasteiger partial charge on any atom is 0.00831 e. The number of thioether (sulfide) groups is 2. The summed E-state index contributed by atoms with van der Waals surface area (Å²) in [5.41, 5.74) is 1.33. The van der Waals surface area contributed by atoms with Crippen molar-refractivity contribution in [1.29, 1.82) is 0 Å². The van der Waals surface area contributed by atoms with Crippen molar-refractivity contribution in [3.8, 4) is 0 Å². The molecule has 0 aliphatic heterocycles. The van der Waals surface area contributed by atoms with E-state index in [1.165, 1.54) is 15.4 Å². The Morgan fingerprint density at radius 1 is 1.08 bits per heavy atom. The van der Waals surface area contributed by atoms with Crippen LogP contribution in [-0.2, 0) is 0 Å². The summed E-state index contributed by atoms with van der Waals surface area (Å²) in [7, 11) is 0. The predicted octanol–water partition coefficient (Wildman–Crippen LogP) is 4.07. The predicted molar refractivity (Wildman–Crippen MR) is 63.8 cm³/mol. The van der Waals surface area contributed by atoms with Gasteiger partial charge in [0.25, 0.3) is 0 Å². The molecule has 0 aliphatic carbocycles. The lowest BCUT2D eigenvalue weighted by molar-refractivity contribution is 0.948. The van der Waals surface area contributed by atoms with Gasteiger partial charge in [0, 0.05) is 9.79 Å². The van der Waals surface area contributed by atoms with Crippen LogP contribution in [-0.4, -0.2) is 12.5 Å². The zero-order chi connectivity index (χ0) is 9.84. The molecule has 1 atom stereocenters. The molecular formula is C11H15S2. The van der Waals surface area contributed by atoms with Crippen LogP contribution in [0.1, 0.15) is 18.4 Å². The molecule has 1 rings (SSSR count). The van der Waals surface area contributed by atoms with Crippen molar-refractivity contribution in [2.45, 2.75) is 22.6 Å². The fraction of sp³-hybridized carbons (Fsp3) is 0.364. The van der Waals surface area contributed by atoms with Crippen molar-refractivity contribution in [2.75, 3.05) is 12.5 Å². The molecule has 13 heavy (non-hydrogen) atoms. The molecule has 0 aliphatic rings. The molecule has 0 saturated heterocycles. The van der Waals surface area contributed by atoms with Gasteiger partial charge in [-0.1, -0.05) is 6.92 Å². The lowest BCUT2D eigenvalue weighted by atomic mass is 10.0. The van der Waals surface area contributed by atoms with Gasteiger partial charge in [0.05, 0.1) is 0 Å². The monoisotopic (exact) mass is 211 g/mol. The van der Waals surface area contributed by atoms with E-state index in [9.17, 15) is 0 Å². The van der Waals surface area contributed by atoms with E-state index in [0.717, 1.165) is 0 Å². The first-order valence-corrected chi connectivity index (χ1v) is 6.68. The average molecular weight is 211 g/mol. The van der Waals surface area contributed by atoms with Gasteiger partial charge in [-0.2, -0.15) is 0 Å². The summed E-state index contributed by atoms with van der Waals surface area (Å²) in [6.45, 7) is 6.17. The molecule has 2 heteroatoms. The van der Waals surface area contributed by atoms with Crippen LogP contribution >= 0.6 is 23.5 Å². The summed E-state index contributed by atoms with van der Waals surface area (Å²) >= 11 is 3.58. The van der Waals surface area contributed by atoms with Crippen molar-refractivity contribution in [2.24, 2.45) is 0 Å². The van der Waals surface area contributed by atoms with Crippen molar-refractivity contribution < 1.29 is 0 Å². The zero-order valence-corrected chi connectivity index (χ0v) is 9.97. The van der Waals surface area contributed by atoms with Gasteiger partial charge in [0.2, 0.25) is 0 Å². The first-order chi connectivity index (χ1) is 6.17. The van der Waals surface area contributed by atoms with Gasteiger partial charge < -0.3 is 0 Å². The van der Waals surface area contributed by atoms with Gasteiger partial charge in [0.15, 0.2) is 0 Å². The lowest BCUT2D eigenvalue weighted by Crippen LogP contribution is -1.88. The van der Waals surface area contributed by atoms with Crippen LogP contribution in [0.2, 0.25) is 0 Å². The van der Waals surface area contributed by atoms with Crippen LogP contribution in [0, 0.1) is 6.92 Å². The van der Waals surface area contributed by atoms with Gasteiger partial charge in [0.1, 0.15) is 0 Å². The highest BCUT2D eigenvalue weighted by Crippen LogP contribution is 2.27. The van der Waals surface area contributed by atoms with E-state index in [0.29, 0.717) is 5.92 Å². The second kappa shape index (κ2) is 4.97. The van der Waals surface area contributed by atoms with Crippen molar-refractivity contribution >= 4 is 23.5 Å². The minimum Gasteiger partial charge on any atom is -0.130 e. The van der Waals surface area contributed by atoms with Crippen LogP contribution in [0.3, 0.4) is 0 Å². The van der Waals surface area contributed by atoms with E-state index >= 15 is 0 Å². The van der Waals surface area contributed by atoms with Crippen molar-refractivity contribution in [3.63, 3.8) is 0 Å². The second-order valence-electron chi connectivity index (χ2n) is 3.05. The molecule has 1 unspecified atom stereocenters. The number of benzene rings is 1. The first-order valence-electron chi connectivity index (χ1n) is 4.23. The van der Waals surface area contributed by atoms with Crippen molar-refractivity contribution in [3.05, 3.63) is 30.7 Å². The highest BCUT2D eigenvalue weighted by Gasteiger charge is 2.03. The Morgan fingerprint density at radius 3 is 1.85 bits per heavy atom. The van der Waals surface area contributed by atoms with Gasteiger partial charge in [-0.3, -0.25) is 0 Å². The Bertz CT molecular complexity index is 257. The minimum atomic E-state index is 0.373. The van der Waals surface area contributed by atoms with Gasteiger partial charge in [-0.15, -0.1) is 23.5 Å². The molecule has 0 fully saturated rings. The summed E-state index contributed by atoms with van der Waals surface area (Å²) in [6, 6.07) is 6.67. The number of rotatable bonds is 3. The normalized spacial score (nSPS) is 10.8. The molecule has 1 radical (unpaired) electrons. The smallest absolute Gasteiger partial charge is 0.00831 e. The summed E-state index contributed by atoms with van der Waals surface area (Å²) < 4.78 is 0. The third-order valence-corrected chi connectivity index (χ3v) is 3.36. The summed E-state index contributed by atoms with van der Waals surface area (Å²) in [5.74, 6) is 0.373. The Balaban J connectivity index is 3.07. The number of hydrogen-bond acceptors (Lipinski definition) is 2. The Kier molecular flexibility index (Phi) is 4.20. The molecular weight excluding hydrogens is 196 g/mol. The summed E-state index contributed by atoms with van der Waals surface area (Å²) in [6.07, 6.45) is 4.22. The Hall–Kier alpha value is -0.0800. The molecule has 0 saturated carbocycles. The summed E-state index contributed by atoms with van der Waals surface area (Å²) in [5, 5.41) is 0. The van der Waals surface area contributed by atoms with Crippen LogP contribution in [0.5, 0.6) is 0 Å². The molecule has 0 heterocycles. The van der Waals surface area contributed by atoms with E-state index in [1.807, 2.05) is 0 Å². The standard InChI is InChI=1S/C11H15S2/c1-8(2)9-5-10(12-3)7-11(6-9)13-4/h5-8H,1H2,2-4H3. The van der Waals surface area contributed by atoms with Crippen LogP contribution in [0.4, 0.5) is 0 Å². The Morgan fingerprint density at radius 2 is 1.54 bits per heavy atom. The van der Waals surface area contributed by atoms with E-state index in [-0.39, 0.29) is 0 Å². The van der Waals surface area contributed by atoms with Crippen LogP contribution in [0.15, 0.2) is 28.0 Å². The second-order valence-corrected chi connectivity index (χ2v) is 4.81. The van der Waals surface area contributed by atoms with Crippen molar-refractivity contribution in [1.82, 2.24) is 0 Å². The zero-order valence-electron chi connectivity index (χ0n) is 8.33. The van der Waals surface area contributed by atoms with E-state index in [1.54, 1.807) is 23.5 Å². The van der Waals surface area contributed by atoms with E-state index < -0.39 is 0 Å². The quantitative estimate of drug-likeness (QED) is 0.691. The number of hydrogen-bond donors (Lipinski definition) is 0. The average Bonchev–Trinajstić information content (AvgIpc) is 2.16. The topological polar surface area (TPSA) is 0 Å². The fourth-order valence-electron chi connectivity index (χ4n) is 1.11. The molecule has 0 aromatic heterocycles. The molecule has 71 valence electrons. The van der Waals surface area contributed by atoms with Gasteiger partial charge in [-0.05, 0) is 49.1 Å². The van der Waals surface area contributed by atoms with E-state index in [4.69, 9.17) is 0 Å². The molecule has 0 nitrogen and oxygen atoms in total. The third-order valence-electron chi connectivity index (χ3n) is 1.94. The fourth-order valence-corrected chi connectivity index (χ4v) is 2.19. The van der Waals surface area contributed by atoms with E-state index in [2.05, 4.69) is 44.6 Å². The first kappa shape index (κ1) is 11.0. The van der Waals surface area contributed by atoms with Gasteiger partial charge in [-0.25, -0.2) is 0 Å². The molecule has 0 bridgehead atoms. The summed E-state index contributed by atoms with van der Waals surface area (Å²) in [4.78, 5) is 2.66. The molecule has 0 N–H and O–H groups in total. The third kappa shape index (κ3) is 2.96. The molecule has 0 amide bonds. The molecule has 1 aromatic rings. The molecule has 0 spiro atoms. The minimum absolute atomic E-state index is 0.373. The van der Waals surface area contributed by atoms with Crippen LogP contribution in [0.25, 0.3) is 0 Å². The van der Waals surface area contributed by atoms with Crippen LogP contribution < -0.4 is 0 Å². The Labute approximate surface area is 89.5 Å². The molecule has 1 aromatic carbocycles.